The van der Waals surface area contributed by atoms with Crippen LogP contribution in [0.4, 0.5) is 10.2 Å². The first kappa shape index (κ1) is 24.3. The maximum absolute atomic E-state index is 15.4. The molecule has 2 aliphatic rings. The first-order valence-corrected chi connectivity index (χ1v) is 11.9. The van der Waals surface area contributed by atoms with Crippen molar-refractivity contribution >= 4 is 23.9 Å². The molecule has 5 rings (SSSR count). The molecule has 2 aromatic heterocycles. The molecule has 0 radical (unpaired) electrons. The summed E-state index contributed by atoms with van der Waals surface area (Å²) in [5.74, 6) is -0.639. The zero-order chi connectivity index (χ0) is 25.9. The summed E-state index contributed by atoms with van der Waals surface area (Å²) in [6.45, 7) is 2.71. The predicted molar refractivity (Wildman–Crippen MR) is 138 cm³/mol. The third-order valence-corrected chi connectivity index (χ3v) is 6.38. The van der Waals surface area contributed by atoms with Crippen LogP contribution in [-0.4, -0.2) is 69.4 Å². The second-order valence-electron chi connectivity index (χ2n) is 8.90. The van der Waals surface area contributed by atoms with Gasteiger partial charge in [-0.1, -0.05) is 18.2 Å². The molecule has 37 heavy (non-hydrogen) atoms. The molecule has 11 heteroatoms. The Labute approximate surface area is 213 Å². The molecule has 1 amide bonds. The minimum atomic E-state index is -0.520. The van der Waals surface area contributed by atoms with Crippen molar-refractivity contribution in [2.45, 2.75) is 19.5 Å². The number of pyridine rings is 1. The number of benzene rings is 1. The predicted octanol–water partition coefficient (Wildman–Crippen LogP) is 3.36. The summed E-state index contributed by atoms with van der Waals surface area (Å²) in [4.78, 5) is 21.4. The van der Waals surface area contributed by atoms with Crippen molar-refractivity contribution < 1.29 is 13.9 Å². The smallest absolute Gasteiger partial charge is 0.260 e. The first-order valence-electron chi connectivity index (χ1n) is 11.9. The summed E-state index contributed by atoms with van der Waals surface area (Å²) in [6.07, 6.45) is 6.89. The Hall–Kier alpha value is -4.38. The van der Waals surface area contributed by atoms with Gasteiger partial charge in [-0.25, -0.2) is 9.37 Å². The SMILES string of the molecule is CN1CCn2ncc(-c3cc4c(cc3F)OC/C=C\CCN(C=N)C(=N)c3cccc(n3)NC4=O)c2C1. The summed E-state index contributed by atoms with van der Waals surface area (Å²) in [6, 6.07) is 7.67. The van der Waals surface area contributed by atoms with Gasteiger partial charge in [0, 0.05) is 36.8 Å². The van der Waals surface area contributed by atoms with E-state index in [1.165, 1.54) is 17.0 Å². The Morgan fingerprint density at radius 2 is 2.00 bits per heavy atom. The Morgan fingerprint density at radius 1 is 1.14 bits per heavy atom. The van der Waals surface area contributed by atoms with Crippen LogP contribution in [0.2, 0.25) is 0 Å². The molecule has 2 bridgehead atoms. The number of nitrogens with one attached hydrogen (secondary N) is 3. The molecule has 0 atom stereocenters. The van der Waals surface area contributed by atoms with Crippen LogP contribution in [0.3, 0.4) is 0 Å². The van der Waals surface area contributed by atoms with Crippen molar-refractivity contribution in [3.05, 3.63) is 71.4 Å². The van der Waals surface area contributed by atoms with Gasteiger partial charge in [-0.05, 0) is 31.7 Å². The van der Waals surface area contributed by atoms with Crippen molar-refractivity contribution in [3.63, 3.8) is 0 Å². The van der Waals surface area contributed by atoms with Crippen molar-refractivity contribution in [3.8, 4) is 16.9 Å². The highest BCUT2D eigenvalue weighted by Gasteiger charge is 2.24. The molecular formula is C26H27FN8O2. The van der Waals surface area contributed by atoms with Crippen LogP contribution in [0, 0.1) is 16.6 Å². The van der Waals surface area contributed by atoms with E-state index in [4.69, 9.17) is 15.6 Å². The summed E-state index contributed by atoms with van der Waals surface area (Å²) >= 11 is 0. The standard InChI is InChI=1S/C26H27FN8O2/c1-33-9-10-35-22(15-33)19(14-30-35)17-12-18-23(13-20(17)27)37-11-4-2-3-8-34(16-28)25(29)21-6-5-7-24(31-21)32-26(18)36/h2,4-7,12-14,16,28-29H,3,8-11,15H2,1H3,(H,31,32,36)/b4-2-,28-16?,29-25?. The molecule has 0 unspecified atom stereocenters. The van der Waals surface area contributed by atoms with E-state index in [1.54, 1.807) is 30.5 Å². The van der Waals surface area contributed by atoms with Crippen molar-refractivity contribution in [1.29, 1.82) is 10.8 Å². The van der Waals surface area contributed by atoms with Crippen LogP contribution in [0.1, 0.15) is 28.2 Å². The topological polar surface area (TPSA) is 123 Å². The van der Waals surface area contributed by atoms with Crippen molar-refractivity contribution in [2.24, 2.45) is 0 Å². The quantitative estimate of drug-likeness (QED) is 0.281. The van der Waals surface area contributed by atoms with Gasteiger partial charge in [-0.3, -0.25) is 25.2 Å². The third-order valence-electron chi connectivity index (χ3n) is 6.38. The van der Waals surface area contributed by atoms with E-state index >= 15 is 4.39 Å². The van der Waals surface area contributed by atoms with E-state index in [9.17, 15) is 4.79 Å². The summed E-state index contributed by atoms with van der Waals surface area (Å²) in [5.41, 5.74) is 2.26. The number of anilines is 1. The molecule has 3 N–H and O–H groups in total. The van der Waals surface area contributed by atoms with Gasteiger partial charge in [-0.15, -0.1) is 0 Å². The van der Waals surface area contributed by atoms with E-state index in [0.717, 1.165) is 18.6 Å². The van der Waals surface area contributed by atoms with E-state index in [-0.39, 0.29) is 35.1 Å². The van der Waals surface area contributed by atoms with Gasteiger partial charge in [0.1, 0.15) is 29.7 Å². The Morgan fingerprint density at radius 3 is 2.84 bits per heavy atom. The number of carbonyl (C=O) groups excluding carboxylic acids is 1. The molecule has 3 aromatic rings. The fourth-order valence-corrected chi connectivity index (χ4v) is 4.40. The lowest BCUT2D eigenvalue weighted by Crippen LogP contribution is -2.31. The first-order chi connectivity index (χ1) is 17.9. The van der Waals surface area contributed by atoms with Crippen LogP contribution >= 0.6 is 0 Å². The number of hydrogen-bond donors (Lipinski definition) is 3. The van der Waals surface area contributed by atoms with E-state index < -0.39 is 11.7 Å². The molecule has 0 saturated carbocycles. The molecule has 10 nitrogen and oxygen atoms in total. The normalized spacial score (nSPS) is 17.5. The maximum Gasteiger partial charge on any atom is 0.260 e. The number of nitrogens with zero attached hydrogens (tertiary/aromatic N) is 5. The van der Waals surface area contributed by atoms with Crippen LogP contribution in [-0.2, 0) is 13.1 Å². The number of fused-ring (bicyclic) bond motifs is 4. The Kier molecular flexibility index (Phi) is 6.78. The second kappa shape index (κ2) is 10.3. The van der Waals surface area contributed by atoms with Crippen LogP contribution < -0.4 is 10.1 Å². The lowest BCUT2D eigenvalue weighted by molar-refractivity contribution is 0.102. The highest BCUT2D eigenvalue weighted by Crippen LogP contribution is 2.34. The fraction of sp³-hybridized carbons (Fsp3) is 0.269. The molecular weight excluding hydrogens is 475 g/mol. The summed E-state index contributed by atoms with van der Waals surface area (Å²) in [5, 5.41) is 23.3. The van der Waals surface area contributed by atoms with Gasteiger partial charge in [-0.2, -0.15) is 5.10 Å². The van der Waals surface area contributed by atoms with Crippen LogP contribution in [0.5, 0.6) is 5.75 Å². The number of aromatic nitrogens is 3. The van der Waals surface area contributed by atoms with E-state index in [0.29, 0.717) is 37.3 Å². The molecule has 4 heterocycles. The monoisotopic (exact) mass is 502 g/mol. The van der Waals surface area contributed by atoms with Gasteiger partial charge < -0.3 is 15.0 Å². The Balaban J connectivity index is 1.56. The van der Waals surface area contributed by atoms with Gasteiger partial charge in [0.2, 0.25) is 0 Å². The number of amidine groups is 1. The second-order valence-corrected chi connectivity index (χ2v) is 8.90. The van der Waals surface area contributed by atoms with Crippen LogP contribution in [0.15, 0.2) is 48.7 Å². The van der Waals surface area contributed by atoms with E-state index in [1.807, 2.05) is 17.8 Å². The zero-order valence-electron chi connectivity index (χ0n) is 20.4. The highest BCUT2D eigenvalue weighted by atomic mass is 19.1. The number of halogens is 1. The zero-order valence-corrected chi connectivity index (χ0v) is 20.4. The molecule has 0 saturated heterocycles. The average molecular weight is 503 g/mol. The number of carbonyl (C=O) groups is 1. The molecule has 1 aromatic carbocycles. The van der Waals surface area contributed by atoms with E-state index in [2.05, 4.69) is 20.3 Å². The minimum absolute atomic E-state index is 0.0475. The molecule has 0 spiro atoms. The fourth-order valence-electron chi connectivity index (χ4n) is 4.40. The summed E-state index contributed by atoms with van der Waals surface area (Å²) < 4.78 is 23.1. The largest absolute Gasteiger partial charge is 0.489 e. The van der Waals surface area contributed by atoms with Gasteiger partial charge in [0.15, 0.2) is 5.84 Å². The average Bonchev–Trinajstić information content (AvgIpc) is 3.30. The maximum atomic E-state index is 15.4. The van der Waals surface area contributed by atoms with Crippen LogP contribution in [0.25, 0.3) is 11.1 Å². The highest BCUT2D eigenvalue weighted by molar-refractivity contribution is 6.07. The number of hydrogen-bond acceptors (Lipinski definition) is 7. The Bertz CT molecular complexity index is 1400. The molecule has 0 fully saturated rings. The lowest BCUT2D eigenvalue weighted by Gasteiger charge is -2.24. The minimum Gasteiger partial charge on any atom is -0.489 e. The van der Waals surface area contributed by atoms with Gasteiger partial charge in [0.25, 0.3) is 5.91 Å². The lowest BCUT2D eigenvalue weighted by atomic mass is 10.0. The van der Waals surface area contributed by atoms with Crippen molar-refractivity contribution in [2.75, 3.05) is 32.1 Å². The molecule has 2 aliphatic heterocycles. The number of ether oxygens (including phenoxy) is 1. The summed E-state index contributed by atoms with van der Waals surface area (Å²) in [7, 11) is 2.00. The number of rotatable bonds is 2. The molecule has 0 aliphatic carbocycles. The van der Waals surface area contributed by atoms with Gasteiger partial charge >= 0.3 is 0 Å². The number of likely N-dealkylation sites (N-methyl/N-ethyl adjacent to an activating group) is 1. The third kappa shape index (κ3) is 4.98. The molecule has 190 valence electrons. The van der Waals surface area contributed by atoms with Gasteiger partial charge in [0.05, 0.1) is 30.3 Å². The number of amides is 1. The van der Waals surface area contributed by atoms with Crippen molar-refractivity contribution in [1.82, 2.24) is 24.6 Å².